The van der Waals surface area contributed by atoms with Crippen LogP contribution in [0.1, 0.15) is 47.0 Å². The van der Waals surface area contributed by atoms with Crippen molar-refractivity contribution >= 4 is 21.7 Å². The summed E-state index contributed by atoms with van der Waals surface area (Å²) < 4.78 is 0. The van der Waals surface area contributed by atoms with Gasteiger partial charge in [0.25, 0.3) is 0 Å². The normalized spacial score (nSPS) is 14.6. The molecule has 0 aromatic rings. The Morgan fingerprint density at radius 2 is 1.93 bits per heavy atom. The van der Waals surface area contributed by atoms with Crippen LogP contribution in [0.15, 0.2) is 11.6 Å². The van der Waals surface area contributed by atoms with Gasteiger partial charge in [0.15, 0.2) is 0 Å². The van der Waals surface area contributed by atoms with E-state index in [1.807, 2.05) is 6.92 Å². The molecule has 2 heteroatoms. The minimum Gasteiger partial charge on any atom is -0.298 e. The first-order chi connectivity index (χ1) is 6.43. The van der Waals surface area contributed by atoms with Crippen LogP contribution in [-0.4, -0.2) is 10.6 Å². The molecule has 0 spiro atoms. The van der Waals surface area contributed by atoms with Gasteiger partial charge in [-0.2, -0.15) is 0 Å². The zero-order chi connectivity index (χ0) is 11.1. The molecule has 82 valence electrons. The Hall–Kier alpha value is -0.110. The summed E-state index contributed by atoms with van der Waals surface area (Å²) in [6.07, 6.45) is 5.13. The lowest BCUT2D eigenvalue weighted by molar-refractivity contribution is -0.119. The van der Waals surface area contributed by atoms with E-state index in [2.05, 4.69) is 42.8 Å². The van der Waals surface area contributed by atoms with Gasteiger partial charge in [0, 0.05) is 6.42 Å². The van der Waals surface area contributed by atoms with Crippen LogP contribution in [0.2, 0.25) is 0 Å². The van der Waals surface area contributed by atoms with Gasteiger partial charge in [0.2, 0.25) is 0 Å². The molecule has 0 aliphatic heterocycles. The molecule has 2 atom stereocenters. The molecule has 0 aromatic carbocycles. The third-order valence-corrected chi connectivity index (χ3v) is 2.72. The van der Waals surface area contributed by atoms with Gasteiger partial charge in [-0.3, -0.25) is 4.79 Å². The average molecular weight is 261 g/mol. The molecule has 0 aliphatic rings. The minimum absolute atomic E-state index is 0.00778. The maximum Gasteiger partial charge on any atom is 0.146 e. The predicted molar refractivity (Wildman–Crippen MR) is 65.8 cm³/mol. The number of carbonyl (C=O) groups excluding carboxylic acids is 1. The van der Waals surface area contributed by atoms with Crippen LogP contribution >= 0.6 is 15.9 Å². The first-order valence-corrected chi connectivity index (χ1v) is 6.15. The van der Waals surface area contributed by atoms with E-state index in [-0.39, 0.29) is 4.83 Å². The molecule has 0 rings (SSSR count). The van der Waals surface area contributed by atoms with Gasteiger partial charge in [0.05, 0.1) is 4.83 Å². The molecule has 14 heavy (non-hydrogen) atoms. The Bertz CT molecular complexity index is 202. The fraction of sp³-hybridized carbons (Fsp3) is 0.750. The fourth-order valence-corrected chi connectivity index (χ4v) is 1.45. The van der Waals surface area contributed by atoms with E-state index in [0.717, 1.165) is 12.8 Å². The molecule has 0 aliphatic carbocycles. The Labute approximate surface area is 96.1 Å². The smallest absolute Gasteiger partial charge is 0.146 e. The average Bonchev–Trinajstić information content (AvgIpc) is 2.02. The molecule has 0 aromatic heterocycles. The van der Waals surface area contributed by atoms with E-state index in [1.165, 1.54) is 5.57 Å². The number of alkyl halides is 1. The van der Waals surface area contributed by atoms with E-state index in [0.29, 0.717) is 18.1 Å². The van der Waals surface area contributed by atoms with Gasteiger partial charge in [-0.05, 0) is 39.5 Å². The largest absolute Gasteiger partial charge is 0.298 e. The second-order valence-corrected chi connectivity index (χ2v) is 5.62. The lowest BCUT2D eigenvalue weighted by Crippen LogP contribution is -2.13. The number of allylic oxidation sites excluding steroid dienone is 2. The SMILES string of the molecule is CC(C)=CCCC(C)CC(=O)C(C)Br. The molecule has 0 amide bonds. The van der Waals surface area contributed by atoms with Gasteiger partial charge in [-0.25, -0.2) is 0 Å². The van der Waals surface area contributed by atoms with Gasteiger partial charge in [-0.1, -0.05) is 34.5 Å². The molecule has 0 N–H and O–H groups in total. The van der Waals surface area contributed by atoms with Crippen molar-refractivity contribution in [2.24, 2.45) is 5.92 Å². The van der Waals surface area contributed by atoms with Crippen molar-refractivity contribution in [2.45, 2.75) is 51.8 Å². The van der Waals surface area contributed by atoms with Crippen LogP contribution in [-0.2, 0) is 4.79 Å². The number of hydrogen-bond acceptors (Lipinski definition) is 1. The first-order valence-electron chi connectivity index (χ1n) is 5.23. The summed E-state index contributed by atoms with van der Waals surface area (Å²) in [5.74, 6) is 0.813. The highest BCUT2D eigenvalue weighted by atomic mass is 79.9. The fourth-order valence-electron chi connectivity index (χ4n) is 1.26. The van der Waals surface area contributed by atoms with Crippen LogP contribution in [0.4, 0.5) is 0 Å². The summed E-state index contributed by atoms with van der Waals surface area (Å²) in [7, 11) is 0. The van der Waals surface area contributed by atoms with Gasteiger partial charge < -0.3 is 0 Å². The summed E-state index contributed by atoms with van der Waals surface area (Å²) >= 11 is 3.30. The molecule has 0 bridgehead atoms. The van der Waals surface area contributed by atoms with Crippen molar-refractivity contribution in [3.63, 3.8) is 0 Å². The van der Waals surface area contributed by atoms with Crippen LogP contribution < -0.4 is 0 Å². The zero-order valence-corrected chi connectivity index (χ0v) is 11.2. The molecular weight excluding hydrogens is 240 g/mol. The highest BCUT2D eigenvalue weighted by Crippen LogP contribution is 2.15. The van der Waals surface area contributed by atoms with Crippen molar-refractivity contribution in [1.29, 1.82) is 0 Å². The summed E-state index contributed by atoms with van der Waals surface area (Å²) in [6, 6.07) is 0. The number of hydrogen-bond donors (Lipinski definition) is 0. The van der Waals surface area contributed by atoms with E-state index in [9.17, 15) is 4.79 Å². The number of carbonyl (C=O) groups is 1. The zero-order valence-electron chi connectivity index (χ0n) is 9.64. The highest BCUT2D eigenvalue weighted by Gasteiger charge is 2.12. The quantitative estimate of drug-likeness (QED) is 0.519. The molecule has 0 heterocycles. The Morgan fingerprint density at radius 1 is 1.36 bits per heavy atom. The lowest BCUT2D eigenvalue weighted by atomic mass is 9.98. The van der Waals surface area contributed by atoms with Crippen molar-refractivity contribution in [3.05, 3.63) is 11.6 Å². The molecule has 0 saturated carbocycles. The van der Waals surface area contributed by atoms with Crippen molar-refractivity contribution in [1.82, 2.24) is 0 Å². The monoisotopic (exact) mass is 260 g/mol. The summed E-state index contributed by atoms with van der Waals surface area (Å²) in [5, 5.41) is 0. The second kappa shape index (κ2) is 7.22. The maximum atomic E-state index is 11.4. The molecule has 0 fully saturated rings. The molecule has 0 radical (unpaired) electrons. The molecule has 0 saturated heterocycles. The van der Waals surface area contributed by atoms with Crippen molar-refractivity contribution in [2.75, 3.05) is 0 Å². The topological polar surface area (TPSA) is 17.1 Å². The lowest BCUT2D eigenvalue weighted by Gasteiger charge is -2.10. The van der Waals surface area contributed by atoms with Gasteiger partial charge >= 0.3 is 0 Å². The number of rotatable bonds is 6. The third-order valence-electron chi connectivity index (χ3n) is 2.21. The van der Waals surface area contributed by atoms with E-state index in [4.69, 9.17) is 0 Å². The van der Waals surface area contributed by atoms with Crippen LogP contribution in [0.25, 0.3) is 0 Å². The van der Waals surface area contributed by atoms with Crippen LogP contribution in [0.5, 0.6) is 0 Å². The van der Waals surface area contributed by atoms with Crippen LogP contribution in [0.3, 0.4) is 0 Å². The van der Waals surface area contributed by atoms with Crippen molar-refractivity contribution < 1.29 is 4.79 Å². The maximum absolute atomic E-state index is 11.4. The summed E-state index contributed by atoms with van der Waals surface area (Å²) in [4.78, 5) is 11.4. The standard InChI is InChI=1S/C12H21BrO/c1-9(2)6-5-7-10(3)8-12(14)11(4)13/h6,10-11H,5,7-8H2,1-4H3. The van der Waals surface area contributed by atoms with E-state index in [1.54, 1.807) is 0 Å². The molecular formula is C12H21BrO. The number of halogens is 1. The van der Waals surface area contributed by atoms with E-state index < -0.39 is 0 Å². The molecule has 2 unspecified atom stereocenters. The first kappa shape index (κ1) is 13.9. The van der Waals surface area contributed by atoms with E-state index >= 15 is 0 Å². The number of Topliss-reactive ketones (excluding diaryl/α,β-unsaturated/α-hetero) is 1. The summed E-state index contributed by atoms with van der Waals surface area (Å²) in [5.41, 5.74) is 1.36. The number of ketones is 1. The predicted octanol–water partition coefficient (Wildman–Crippen LogP) is 4.11. The third kappa shape index (κ3) is 7.31. The summed E-state index contributed by atoms with van der Waals surface area (Å²) in [6.45, 7) is 8.25. The highest BCUT2D eigenvalue weighted by molar-refractivity contribution is 9.10. The Kier molecular flexibility index (Phi) is 7.16. The Morgan fingerprint density at radius 3 is 2.36 bits per heavy atom. The van der Waals surface area contributed by atoms with Gasteiger partial charge in [-0.15, -0.1) is 0 Å². The second-order valence-electron chi connectivity index (χ2n) is 4.25. The minimum atomic E-state index is 0.00778. The van der Waals surface area contributed by atoms with Crippen molar-refractivity contribution in [3.8, 4) is 0 Å². The van der Waals surface area contributed by atoms with Gasteiger partial charge in [0.1, 0.15) is 5.78 Å². The molecule has 1 nitrogen and oxygen atoms in total. The van der Waals surface area contributed by atoms with Crippen LogP contribution in [0, 0.1) is 5.92 Å². The Balaban J connectivity index is 3.71.